The largest absolute Gasteiger partial charge is 0.371 e. The topological polar surface area (TPSA) is 63.9 Å². The number of hydrogen-bond acceptors (Lipinski definition) is 5. The third kappa shape index (κ3) is 2.64. The molecule has 3 heterocycles. The number of para-hydroxylation sites is 1. The van der Waals surface area contributed by atoms with E-state index in [1.165, 1.54) is 17.4 Å². The number of nitrogens with zero attached hydrogens (tertiary/aromatic N) is 5. The molecule has 0 bridgehead atoms. The van der Waals surface area contributed by atoms with Gasteiger partial charge in [0.25, 0.3) is 5.56 Å². The summed E-state index contributed by atoms with van der Waals surface area (Å²) in [6.07, 6.45) is 5.75. The fourth-order valence-corrected chi connectivity index (χ4v) is 3.42. The Morgan fingerprint density at radius 2 is 2.00 bits per heavy atom. The molecule has 0 N–H and O–H groups in total. The standard InChI is InChI=1S/C18H19N5O/c1-13-4-2-3-5-15(13)22-9-6-14(10-22)11-23-12-21-17-16(18(23)24)19-7-8-20-17/h2-5,7-8,12,14H,6,9-11H2,1H3/t14-/m0/s1. The molecule has 0 unspecified atom stereocenters. The molecule has 1 aliphatic heterocycles. The summed E-state index contributed by atoms with van der Waals surface area (Å²) in [5, 5.41) is 0. The Kier molecular flexibility index (Phi) is 3.72. The minimum atomic E-state index is -0.109. The van der Waals surface area contributed by atoms with Gasteiger partial charge < -0.3 is 4.90 Å². The van der Waals surface area contributed by atoms with Gasteiger partial charge in [-0.15, -0.1) is 0 Å². The lowest BCUT2D eigenvalue weighted by molar-refractivity contribution is 0.473. The highest BCUT2D eigenvalue weighted by molar-refractivity contribution is 5.66. The molecule has 1 aliphatic rings. The van der Waals surface area contributed by atoms with Gasteiger partial charge in [-0.25, -0.2) is 15.0 Å². The van der Waals surface area contributed by atoms with E-state index in [2.05, 4.69) is 51.0 Å². The van der Waals surface area contributed by atoms with E-state index in [1.54, 1.807) is 17.1 Å². The maximum absolute atomic E-state index is 12.5. The molecule has 1 aromatic carbocycles. The molecule has 1 atom stereocenters. The van der Waals surface area contributed by atoms with Crippen LogP contribution < -0.4 is 10.5 Å². The average molecular weight is 321 g/mol. The van der Waals surface area contributed by atoms with E-state index in [-0.39, 0.29) is 5.56 Å². The van der Waals surface area contributed by atoms with Crippen LogP contribution in [-0.4, -0.2) is 32.6 Å². The summed E-state index contributed by atoms with van der Waals surface area (Å²) in [7, 11) is 0. The lowest BCUT2D eigenvalue weighted by Crippen LogP contribution is -2.27. The van der Waals surface area contributed by atoms with Crippen LogP contribution in [0.5, 0.6) is 0 Å². The molecule has 24 heavy (non-hydrogen) atoms. The Balaban J connectivity index is 1.54. The van der Waals surface area contributed by atoms with Gasteiger partial charge in [0, 0.05) is 37.7 Å². The Morgan fingerprint density at radius 1 is 1.17 bits per heavy atom. The van der Waals surface area contributed by atoms with E-state index in [0.29, 0.717) is 23.6 Å². The maximum atomic E-state index is 12.5. The lowest BCUT2D eigenvalue weighted by Gasteiger charge is -2.21. The third-order valence-corrected chi connectivity index (χ3v) is 4.66. The molecule has 0 amide bonds. The van der Waals surface area contributed by atoms with E-state index in [4.69, 9.17) is 0 Å². The van der Waals surface area contributed by atoms with Crippen molar-refractivity contribution in [3.05, 3.63) is 58.9 Å². The fraction of sp³-hybridized carbons (Fsp3) is 0.333. The van der Waals surface area contributed by atoms with Gasteiger partial charge in [-0.3, -0.25) is 9.36 Å². The van der Waals surface area contributed by atoms with E-state index < -0.39 is 0 Å². The van der Waals surface area contributed by atoms with Crippen molar-refractivity contribution < 1.29 is 0 Å². The molecule has 0 saturated carbocycles. The Labute approximate surface area is 139 Å². The van der Waals surface area contributed by atoms with Gasteiger partial charge in [0.15, 0.2) is 11.2 Å². The molecular weight excluding hydrogens is 302 g/mol. The smallest absolute Gasteiger partial charge is 0.281 e. The normalized spacial score (nSPS) is 17.5. The summed E-state index contributed by atoms with van der Waals surface area (Å²) in [6, 6.07) is 8.44. The number of anilines is 1. The molecule has 0 spiro atoms. The minimum Gasteiger partial charge on any atom is -0.371 e. The monoisotopic (exact) mass is 321 g/mol. The summed E-state index contributed by atoms with van der Waals surface area (Å²) in [4.78, 5) is 27.4. The van der Waals surface area contributed by atoms with E-state index in [9.17, 15) is 4.79 Å². The van der Waals surface area contributed by atoms with Crippen LogP contribution in [0.2, 0.25) is 0 Å². The quantitative estimate of drug-likeness (QED) is 0.738. The maximum Gasteiger partial charge on any atom is 0.281 e. The van der Waals surface area contributed by atoms with Crippen LogP contribution in [0.3, 0.4) is 0 Å². The summed E-state index contributed by atoms with van der Waals surface area (Å²) in [5.41, 5.74) is 3.22. The SMILES string of the molecule is Cc1ccccc1N1CC[C@H](Cn2cnc3nccnc3c2=O)C1. The molecule has 1 saturated heterocycles. The van der Waals surface area contributed by atoms with Crippen LogP contribution >= 0.6 is 0 Å². The Morgan fingerprint density at radius 3 is 2.88 bits per heavy atom. The molecule has 6 heteroatoms. The molecule has 0 radical (unpaired) electrons. The second-order valence-corrected chi connectivity index (χ2v) is 6.32. The van der Waals surface area contributed by atoms with Crippen molar-refractivity contribution in [3.8, 4) is 0 Å². The zero-order valence-electron chi connectivity index (χ0n) is 13.6. The van der Waals surface area contributed by atoms with Crippen molar-refractivity contribution in [1.29, 1.82) is 0 Å². The Bertz CT molecular complexity index is 936. The van der Waals surface area contributed by atoms with E-state index in [0.717, 1.165) is 19.5 Å². The predicted octanol–water partition coefficient (Wildman–Crippen LogP) is 2.02. The Hall–Kier alpha value is -2.76. The third-order valence-electron chi connectivity index (χ3n) is 4.66. The van der Waals surface area contributed by atoms with Crippen LogP contribution in [0.15, 0.2) is 47.8 Å². The van der Waals surface area contributed by atoms with Gasteiger partial charge in [0.05, 0.1) is 0 Å². The van der Waals surface area contributed by atoms with Gasteiger partial charge in [-0.05, 0) is 30.9 Å². The molecular formula is C18H19N5O. The molecule has 0 aliphatic carbocycles. The van der Waals surface area contributed by atoms with Gasteiger partial charge >= 0.3 is 0 Å². The van der Waals surface area contributed by atoms with Crippen molar-refractivity contribution >= 4 is 16.9 Å². The first-order valence-electron chi connectivity index (χ1n) is 8.19. The minimum absolute atomic E-state index is 0.109. The number of benzene rings is 1. The number of hydrogen-bond donors (Lipinski definition) is 0. The van der Waals surface area contributed by atoms with Gasteiger partial charge in [-0.2, -0.15) is 0 Å². The predicted molar refractivity (Wildman–Crippen MR) is 93.1 cm³/mol. The number of aromatic nitrogens is 4. The van der Waals surface area contributed by atoms with E-state index in [1.807, 2.05) is 0 Å². The molecule has 1 fully saturated rings. The van der Waals surface area contributed by atoms with Crippen molar-refractivity contribution in [2.75, 3.05) is 18.0 Å². The van der Waals surface area contributed by atoms with Gasteiger partial charge in [0.2, 0.25) is 0 Å². The average Bonchev–Trinajstić information content (AvgIpc) is 3.06. The molecule has 4 rings (SSSR count). The second-order valence-electron chi connectivity index (χ2n) is 6.32. The van der Waals surface area contributed by atoms with Crippen LogP contribution in [0.25, 0.3) is 11.2 Å². The highest BCUT2D eigenvalue weighted by atomic mass is 16.1. The number of rotatable bonds is 3. The highest BCUT2D eigenvalue weighted by Crippen LogP contribution is 2.27. The van der Waals surface area contributed by atoms with Crippen LogP contribution in [0.4, 0.5) is 5.69 Å². The van der Waals surface area contributed by atoms with E-state index >= 15 is 0 Å². The van der Waals surface area contributed by atoms with Crippen LogP contribution in [0, 0.1) is 12.8 Å². The first kappa shape index (κ1) is 14.8. The zero-order valence-corrected chi connectivity index (χ0v) is 13.6. The molecule has 2 aromatic heterocycles. The van der Waals surface area contributed by atoms with Crippen molar-refractivity contribution in [1.82, 2.24) is 19.5 Å². The summed E-state index contributed by atoms with van der Waals surface area (Å²) in [6.45, 7) is 4.78. The highest BCUT2D eigenvalue weighted by Gasteiger charge is 2.24. The van der Waals surface area contributed by atoms with Gasteiger partial charge in [0.1, 0.15) is 6.33 Å². The van der Waals surface area contributed by atoms with Crippen molar-refractivity contribution in [3.63, 3.8) is 0 Å². The number of aryl methyl sites for hydroxylation is 1. The molecule has 6 nitrogen and oxygen atoms in total. The van der Waals surface area contributed by atoms with Crippen LogP contribution in [0.1, 0.15) is 12.0 Å². The first-order chi connectivity index (χ1) is 11.7. The summed E-state index contributed by atoms with van der Waals surface area (Å²) in [5.74, 6) is 0.429. The molecule has 122 valence electrons. The van der Waals surface area contributed by atoms with Crippen molar-refractivity contribution in [2.24, 2.45) is 5.92 Å². The lowest BCUT2D eigenvalue weighted by atomic mass is 10.1. The van der Waals surface area contributed by atoms with Crippen molar-refractivity contribution in [2.45, 2.75) is 19.9 Å². The summed E-state index contributed by atoms with van der Waals surface area (Å²) < 4.78 is 1.67. The van der Waals surface area contributed by atoms with Crippen LogP contribution in [-0.2, 0) is 6.54 Å². The first-order valence-corrected chi connectivity index (χ1v) is 8.19. The fourth-order valence-electron chi connectivity index (χ4n) is 3.42. The van der Waals surface area contributed by atoms with Gasteiger partial charge in [-0.1, -0.05) is 18.2 Å². The second kappa shape index (κ2) is 6.03. The number of fused-ring (bicyclic) bond motifs is 1. The zero-order chi connectivity index (χ0) is 16.5. The molecule has 3 aromatic rings. The summed E-state index contributed by atoms with van der Waals surface area (Å²) >= 11 is 0.